The summed E-state index contributed by atoms with van der Waals surface area (Å²) in [7, 11) is 1.63. The van der Waals surface area contributed by atoms with Crippen molar-refractivity contribution in [1.82, 2.24) is 10.6 Å². The second kappa shape index (κ2) is 7.36. The molecule has 24 heavy (non-hydrogen) atoms. The van der Waals surface area contributed by atoms with E-state index in [1.807, 2.05) is 36.4 Å². The minimum atomic E-state index is -0.0702. The first-order chi connectivity index (χ1) is 11.7. The summed E-state index contributed by atoms with van der Waals surface area (Å²) in [6.07, 6.45) is 0. The zero-order valence-corrected chi connectivity index (χ0v) is 14.0. The van der Waals surface area contributed by atoms with Crippen molar-refractivity contribution in [2.24, 2.45) is 0 Å². The van der Waals surface area contributed by atoms with Gasteiger partial charge in [-0.2, -0.15) is 0 Å². The highest BCUT2D eigenvalue weighted by atomic mass is 16.6. The normalized spacial score (nSPS) is 14.1. The Labute approximate surface area is 142 Å². The van der Waals surface area contributed by atoms with E-state index < -0.39 is 0 Å². The number of nitrogens with one attached hydrogen (secondary N) is 2. The third-order valence-electron chi connectivity index (χ3n) is 4.12. The summed E-state index contributed by atoms with van der Waals surface area (Å²) >= 11 is 0. The molecule has 1 aliphatic rings. The first-order valence-corrected chi connectivity index (χ1v) is 8.11. The van der Waals surface area contributed by atoms with Gasteiger partial charge in [0.15, 0.2) is 11.5 Å². The number of fused-ring (bicyclic) bond motifs is 1. The zero-order valence-electron chi connectivity index (χ0n) is 14.0. The SMILES string of the molecule is CNC(=O)c1ccc(CNC(C)c2ccc3c(c2)OCCO3)cc1. The van der Waals surface area contributed by atoms with Crippen LogP contribution in [0.1, 0.15) is 34.5 Å². The fourth-order valence-corrected chi connectivity index (χ4v) is 2.64. The molecule has 5 nitrogen and oxygen atoms in total. The lowest BCUT2D eigenvalue weighted by Crippen LogP contribution is -2.20. The maximum Gasteiger partial charge on any atom is 0.251 e. The Balaban J connectivity index is 1.61. The van der Waals surface area contributed by atoms with Crippen LogP contribution in [0.5, 0.6) is 11.5 Å². The molecule has 2 N–H and O–H groups in total. The summed E-state index contributed by atoms with van der Waals surface area (Å²) in [5, 5.41) is 6.11. The Hall–Kier alpha value is -2.53. The van der Waals surface area contributed by atoms with E-state index in [9.17, 15) is 4.79 Å². The van der Waals surface area contributed by atoms with Crippen LogP contribution in [-0.4, -0.2) is 26.2 Å². The highest BCUT2D eigenvalue weighted by Crippen LogP contribution is 2.32. The Morgan fingerprint density at radius 1 is 1.08 bits per heavy atom. The molecule has 0 spiro atoms. The van der Waals surface area contributed by atoms with Crippen LogP contribution in [-0.2, 0) is 6.54 Å². The van der Waals surface area contributed by atoms with Gasteiger partial charge in [-0.25, -0.2) is 0 Å². The van der Waals surface area contributed by atoms with E-state index in [1.54, 1.807) is 7.05 Å². The van der Waals surface area contributed by atoms with Crippen LogP contribution in [0.2, 0.25) is 0 Å². The number of carbonyl (C=O) groups excluding carboxylic acids is 1. The molecule has 1 atom stereocenters. The molecule has 1 heterocycles. The Bertz CT molecular complexity index is 713. The molecule has 5 heteroatoms. The highest BCUT2D eigenvalue weighted by Gasteiger charge is 2.14. The van der Waals surface area contributed by atoms with E-state index in [-0.39, 0.29) is 11.9 Å². The van der Waals surface area contributed by atoms with Gasteiger partial charge in [-0.05, 0) is 42.3 Å². The lowest BCUT2D eigenvalue weighted by Gasteiger charge is -2.21. The fourth-order valence-electron chi connectivity index (χ4n) is 2.64. The quantitative estimate of drug-likeness (QED) is 0.887. The van der Waals surface area contributed by atoms with Gasteiger partial charge in [-0.3, -0.25) is 4.79 Å². The molecular formula is C19H22N2O3. The van der Waals surface area contributed by atoms with Crippen molar-refractivity contribution in [2.75, 3.05) is 20.3 Å². The maximum absolute atomic E-state index is 11.5. The average molecular weight is 326 g/mol. The maximum atomic E-state index is 11.5. The van der Waals surface area contributed by atoms with Gasteiger partial charge in [0.25, 0.3) is 5.91 Å². The predicted octanol–water partition coefficient (Wildman–Crippen LogP) is 2.67. The molecule has 0 fully saturated rings. The molecule has 0 saturated heterocycles. The number of hydrogen-bond acceptors (Lipinski definition) is 4. The van der Waals surface area contributed by atoms with Crippen molar-refractivity contribution >= 4 is 5.91 Å². The number of rotatable bonds is 5. The van der Waals surface area contributed by atoms with Crippen molar-refractivity contribution in [3.8, 4) is 11.5 Å². The van der Waals surface area contributed by atoms with Gasteiger partial charge < -0.3 is 20.1 Å². The molecular weight excluding hydrogens is 304 g/mol. The van der Waals surface area contributed by atoms with Gasteiger partial charge in [0.1, 0.15) is 13.2 Å². The molecule has 2 aromatic rings. The van der Waals surface area contributed by atoms with Gasteiger partial charge in [0.05, 0.1) is 0 Å². The Kier molecular flexibility index (Phi) is 5.01. The summed E-state index contributed by atoms with van der Waals surface area (Å²) < 4.78 is 11.2. The standard InChI is InChI=1S/C19H22N2O3/c1-13(16-7-8-17-18(11-16)24-10-9-23-17)21-12-14-3-5-15(6-4-14)19(22)20-2/h3-8,11,13,21H,9-10,12H2,1-2H3,(H,20,22). The van der Waals surface area contributed by atoms with Crippen LogP contribution in [0.15, 0.2) is 42.5 Å². The molecule has 0 aromatic heterocycles. The van der Waals surface area contributed by atoms with Crippen LogP contribution < -0.4 is 20.1 Å². The lowest BCUT2D eigenvalue weighted by atomic mass is 10.1. The summed E-state index contributed by atoms with van der Waals surface area (Å²) in [5.74, 6) is 1.54. The molecule has 0 bridgehead atoms. The van der Waals surface area contributed by atoms with Crippen LogP contribution in [0, 0.1) is 0 Å². The number of amides is 1. The summed E-state index contributed by atoms with van der Waals surface area (Å²) in [6.45, 7) is 4.04. The molecule has 2 aromatic carbocycles. The molecule has 0 radical (unpaired) electrons. The Morgan fingerprint density at radius 3 is 2.50 bits per heavy atom. The lowest BCUT2D eigenvalue weighted by molar-refractivity contribution is 0.0963. The highest BCUT2D eigenvalue weighted by molar-refractivity contribution is 5.93. The van der Waals surface area contributed by atoms with Crippen LogP contribution in [0.4, 0.5) is 0 Å². The number of benzene rings is 2. The van der Waals surface area contributed by atoms with Crippen LogP contribution >= 0.6 is 0 Å². The van der Waals surface area contributed by atoms with E-state index in [0.717, 1.165) is 29.2 Å². The van der Waals surface area contributed by atoms with Gasteiger partial charge >= 0.3 is 0 Å². The molecule has 1 unspecified atom stereocenters. The zero-order chi connectivity index (χ0) is 16.9. The first kappa shape index (κ1) is 16.3. The topological polar surface area (TPSA) is 59.6 Å². The van der Waals surface area contributed by atoms with E-state index in [2.05, 4.69) is 23.6 Å². The molecule has 126 valence electrons. The third-order valence-corrected chi connectivity index (χ3v) is 4.12. The molecule has 0 aliphatic carbocycles. The molecule has 1 aliphatic heterocycles. The largest absolute Gasteiger partial charge is 0.486 e. The van der Waals surface area contributed by atoms with E-state index >= 15 is 0 Å². The second-order valence-corrected chi connectivity index (χ2v) is 5.78. The van der Waals surface area contributed by atoms with E-state index in [0.29, 0.717) is 18.8 Å². The Morgan fingerprint density at radius 2 is 1.79 bits per heavy atom. The summed E-state index contributed by atoms with van der Waals surface area (Å²) in [6, 6.07) is 13.8. The minimum absolute atomic E-state index is 0.0702. The summed E-state index contributed by atoms with van der Waals surface area (Å²) in [4.78, 5) is 11.5. The van der Waals surface area contributed by atoms with E-state index in [4.69, 9.17) is 9.47 Å². The second-order valence-electron chi connectivity index (χ2n) is 5.78. The molecule has 3 rings (SSSR count). The molecule has 1 amide bonds. The third kappa shape index (κ3) is 3.68. The van der Waals surface area contributed by atoms with Crippen molar-refractivity contribution in [3.05, 3.63) is 59.2 Å². The van der Waals surface area contributed by atoms with Crippen molar-refractivity contribution in [1.29, 1.82) is 0 Å². The number of carbonyl (C=O) groups is 1. The van der Waals surface area contributed by atoms with Gasteiger partial charge in [0, 0.05) is 25.2 Å². The van der Waals surface area contributed by atoms with Crippen molar-refractivity contribution in [3.63, 3.8) is 0 Å². The minimum Gasteiger partial charge on any atom is -0.486 e. The fraction of sp³-hybridized carbons (Fsp3) is 0.316. The van der Waals surface area contributed by atoms with Gasteiger partial charge in [0.2, 0.25) is 0 Å². The number of hydrogen-bond donors (Lipinski definition) is 2. The van der Waals surface area contributed by atoms with Crippen LogP contribution in [0.3, 0.4) is 0 Å². The van der Waals surface area contributed by atoms with E-state index in [1.165, 1.54) is 0 Å². The summed E-state index contributed by atoms with van der Waals surface area (Å²) in [5.41, 5.74) is 2.95. The predicted molar refractivity (Wildman–Crippen MR) is 92.5 cm³/mol. The average Bonchev–Trinajstić information content (AvgIpc) is 2.65. The molecule has 0 saturated carbocycles. The smallest absolute Gasteiger partial charge is 0.251 e. The number of ether oxygens (including phenoxy) is 2. The monoisotopic (exact) mass is 326 g/mol. The van der Waals surface area contributed by atoms with Crippen molar-refractivity contribution in [2.45, 2.75) is 19.5 Å². The van der Waals surface area contributed by atoms with Crippen LogP contribution in [0.25, 0.3) is 0 Å². The van der Waals surface area contributed by atoms with Crippen molar-refractivity contribution < 1.29 is 14.3 Å². The first-order valence-electron chi connectivity index (χ1n) is 8.11. The van der Waals surface area contributed by atoms with Gasteiger partial charge in [-0.15, -0.1) is 0 Å². The van der Waals surface area contributed by atoms with Gasteiger partial charge in [-0.1, -0.05) is 18.2 Å².